The molecule has 0 bridgehead atoms. The molecule has 1 fully saturated rings. The summed E-state index contributed by atoms with van der Waals surface area (Å²) in [6.45, 7) is 8.55. The molecule has 0 N–H and O–H groups in total. The highest BCUT2D eigenvalue weighted by Crippen LogP contribution is 2.34. The van der Waals surface area contributed by atoms with Crippen molar-refractivity contribution in [2.75, 3.05) is 0 Å². The van der Waals surface area contributed by atoms with Gasteiger partial charge >= 0.3 is 5.97 Å². The van der Waals surface area contributed by atoms with Gasteiger partial charge in [-0.25, -0.2) is 4.98 Å². The number of epoxide rings is 1. The van der Waals surface area contributed by atoms with Crippen LogP contribution in [0, 0.1) is 12.3 Å². The predicted molar refractivity (Wildman–Crippen MR) is 119 cm³/mol. The van der Waals surface area contributed by atoms with Gasteiger partial charge < -0.3 is 9.47 Å². The lowest BCUT2D eigenvalue weighted by Gasteiger charge is -2.25. The molecule has 0 aromatic carbocycles. The smallest absolute Gasteiger partial charge is 0.306 e. The van der Waals surface area contributed by atoms with Gasteiger partial charge in [0.15, 0.2) is 0 Å². The molecule has 4 nitrogen and oxygen atoms in total. The molecule has 1 aromatic rings. The number of hydrogen-bond acceptors (Lipinski definition) is 5. The van der Waals surface area contributed by atoms with Crippen molar-refractivity contribution < 1.29 is 14.3 Å². The maximum Gasteiger partial charge on any atom is 0.306 e. The summed E-state index contributed by atoms with van der Waals surface area (Å²) in [4.78, 5) is 17.2. The quantitative estimate of drug-likeness (QED) is 0.324. The molecule has 3 heterocycles. The van der Waals surface area contributed by atoms with Crippen LogP contribution in [0.4, 0.5) is 0 Å². The number of allylic oxidation sites excluding steroid dienone is 1. The van der Waals surface area contributed by atoms with Gasteiger partial charge in [-0.15, -0.1) is 11.3 Å². The van der Waals surface area contributed by atoms with Crippen molar-refractivity contribution in [3.63, 3.8) is 0 Å². The molecule has 5 heteroatoms. The molecule has 0 radical (unpaired) electrons. The number of ether oxygens (including phenoxy) is 2. The third-order valence-electron chi connectivity index (χ3n) is 5.94. The van der Waals surface area contributed by atoms with Crippen LogP contribution in [0.2, 0.25) is 0 Å². The highest BCUT2D eigenvalue weighted by atomic mass is 32.1. The van der Waals surface area contributed by atoms with E-state index in [0.717, 1.165) is 48.4 Å². The summed E-state index contributed by atoms with van der Waals surface area (Å²) in [7, 11) is 0. The maximum atomic E-state index is 12.6. The van der Waals surface area contributed by atoms with E-state index in [2.05, 4.69) is 31.0 Å². The number of fused-ring (bicyclic) bond motifs is 1. The summed E-state index contributed by atoms with van der Waals surface area (Å²) in [5, 5.41) is 3.08. The number of nitrogens with zero attached hydrogens (tertiary/aromatic N) is 1. The Kier molecular flexibility index (Phi) is 7.69. The largest absolute Gasteiger partial charge is 0.458 e. The molecular weight excluding hydrogens is 382 g/mol. The van der Waals surface area contributed by atoms with Crippen molar-refractivity contribution in [1.29, 1.82) is 0 Å². The summed E-state index contributed by atoms with van der Waals surface area (Å²) in [6.07, 6.45) is 14.5. The number of carbonyl (C=O) groups is 1. The molecular formula is C24H35NO3S. The van der Waals surface area contributed by atoms with E-state index in [1.54, 1.807) is 11.3 Å². The molecule has 2 aliphatic rings. The van der Waals surface area contributed by atoms with Crippen molar-refractivity contribution in [2.45, 2.75) is 97.4 Å². The first-order chi connectivity index (χ1) is 13.8. The highest BCUT2D eigenvalue weighted by Gasteiger charge is 2.40. The average Bonchev–Trinajstić information content (AvgIpc) is 3.27. The lowest BCUT2D eigenvalue weighted by Crippen LogP contribution is -2.23. The Morgan fingerprint density at radius 1 is 1.24 bits per heavy atom. The van der Waals surface area contributed by atoms with Gasteiger partial charge in [0.25, 0.3) is 0 Å². The Morgan fingerprint density at radius 3 is 2.83 bits per heavy atom. The van der Waals surface area contributed by atoms with E-state index in [1.165, 1.54) is 12.8 Å². The SMILES string of the molecule is CC(=Cc1csc(C)n1)[C@@H]1C[C@@H]2OC2CC=CCCCCC(C)(C)CCC(=O)O1. The van der Waals surface area contributed by atoms with Gasteiger partial charge in [0.05, 0.1) is 22.9 Å². The Bertz CT molecular complexity index is 749. The summed E-state index contributed by atoms with van der Waals surface area (Å²) < 4.78 is 11.8. The number of hydrogen-bond donors (Lipinski definition) is 0. The molecule has 0 spiro atoms. The molecule has 0 saturated carbocycles. The number of esters is 1. The van der Waals surface area contributed by atoms with Gasteiger partial charge in [-0.1, -0.05) is 32.4 Å². The summed E-state index contributed by atoms with van der Waals surface area (Å²) in [6, 6.07) is 0. The normalized spacial score (nSPS) is 29.2. The van der Waals surface area contributed by atoms with Crippen molar-refractivity contribution in [2.24, 2.45) is 5.41 Å². The molecule has 1 saturated heterocycles. The summed E-state index contributed by atoms with van der Waals surface area (Å²) >= 11 is 1.63. The van der Waals surface area contributed by atoms with E-state index < -0.39 is 0 Å². The standard InChI is InChI=1S/C24H35NO3S/c1-17(14-19-16-29-18(2)25-19)21-15-22-20(27-22)10-8-6-5-7-9-12-24(3,4)13-11-23(26)28-21/h6,8,14,16,20-22H,5,7,9-13,15H2,1-4H3/t20?,21-,22-/m0/s1. The van der Waals surface area contributed by atoms with Crippen molar-refractivity contribution in [3.8, 4) is 0 Å². The fraction of sp³-hybridized carbons (Fsp3) is 0.667. The molecule has 3 rings (SSSR count). The Labute approximate surface area is 179 Å². The summed E-state index contributed by atoms with van der Waals surface area (Å²) in [5.74, 6) is -0.102. The first-order valence-corrected chi connectivity index (χ1v) is 11.8. The van der Waals surface area contributed by atoms with E-state index in [9.17, 15) is 4.79 Å². The van der Waals surface area contributed by atoms with Gasteiger partial charge in [-0.05, 0) is 63.0 Å². The molecule has 1 aromatic heterocycles. The summed E-state index contributed by atoms with van der Waals surface area (Å²) in [5.41, 5.74) is 2.14. The second kappa shape index (κ2) is 10.0. The first-order valence-electron chi connectivity index (χ1n) is 10.9. The Morgan fingerprint density at radius 2 is 2.07 bits per heavy atom. The minimum Gasteiger partial charge on any atom is -0.458 e. The van der Waals surface area contributed by atoms with Crippen LogP contribution >= 0.6 is 11.3 Å². The number of aryl methyl sites for hydroxylation is 1. The monoisotopic (exact) mass is 417 g/mol. The van der Waals surface area contributed by atoms with E-state index >= 15 is 0 Å². The zero-order valence-electron chi connectivity index (χ0n) is 18.3. The van der Waals surface area contributed by atoms with Crippen LogP contribution in [0.5, 0.6) is 0 Å². The van der Waals surface area contributed by atoms with Gasteiger partial charge in [-0.3, -0.25) is 4.79 Å². The van der Waals surface area contributed by atoms with Crippen LogP contribution in [-0.2, 0) is 14.3 Å². The molecule has 0 amide bonds. The van der Waals surface area contributed by atoms with E-state index in [0.29, 0.717) is 6.42 Å². The molecule has 0 aliphatic carbocycles. The van der Waals surface area contributed by atoms with Crippen molar-refractivity contribution >= 4 is 23.4 Å². The van der Waals surface area contributed by atoms with Gasteiger partial charge in [0.1, 0.15) is 6.10 Å². The minimum absolute atomic E-state index is 0.102. The van der Waals surface area contributed by atoms with Crippen LogP contribution in [0.25, 0.3) is 6.08 Å². The van der Waals surface area contributed by atoms with E-state index in [1.807, 2.05) is 25.3 Å². The topological polar surface area (TPSA) is 51.7 Å². The van der Waals surface area contributed by atoms with E-state index in [-0.39, 0.29) is 29.7 Å². The number of thiazole rings is 1. The van der Waals surface area contributed by atoms with E-state index in [4.69, 9.17) is 9.47 Å². The number of rotatable bonds is 2. The van der Waals surface area contributed by atoms with Crippen LogP contribution in [0.1, 0.15) is 82.8 Å². The maximum absolute atomic E-state index is 12.6. The zero-order chi connectivity index (χ0) is 20.9. The highest BCUT2D eigenvalue weighted by molar-refractivity contribution is 7.09. The number of carbonyl (C=O) groups excluding carboxylic acids is 1. The Balaban J connectivity index is 1.70. The molecule has 3 atom stereocenters. The third kappa shape index (κ3) is 7.38. The number of aromatic nitrogens is 1. The Hall–Kier alpha value is -1.46. The minimum atomic E-state index is -0.250. The van der Waals surface area contributed by atoms with Crippen molar-refractivity contribution in [1.82, 2.24) is 4.98 Å². The molecule has 160 valence electrons. The second-order valence-corrected chi connectivity index (χ2v) is 10.3. The van der Waals surface area contributed by atoms with Crippen LogP contribution in [-0.4, -0.2) is 29.3 Å². The molecule has 29 heavy (non-hydrogen) atoms. The predicted octanol–water partition coefficient (Wildman–Crippen LogP) is 6.25. The molecule has 2 aliphatic heterocycles. The fourth-order valence-corrected chi connectivity index (χ4v) is 4.47. The lowest BCUT2D eigenvalue weighted by atomic mass is 9.82. The third-order valence-corrected chi connectivity index (χ3v) is 6.73. The van der Waals surface area contributed by atoms with Crippen LogP contribution < -0.4 is 0 Å². The van der Waals surface area contributed by atoms with Gasteiger partial charge in [-0.2, -0.15) is 0 Å². The fourth-order valence-electron chi connectivity index (χ4n) is 3.90. The second-order valence-electron chi connectivity index (χ2n) is 9.22. The molecule has 1 unspecified atom stereocenters. The van der Waals surface area contributed by atoms with Crippen LogP contribution in [0.3, 0.4) is 0 Å². The van der Waals surface area contributed by atoms with Gasteiger partial charge in [0.2, 0.25) is 0 Å². The average molecular weight is 418 g/mol. The van der Waals surface area contributed by atoms with Crippen LogP contribution in [0.15, 0.2) is 23.1 Å². The lowest BCUT2D eigenvalue weighted by molar-refractivity contribution is -0.148. The zero-order valence-corrected chi connectivity index (χ0v) is 19.1. The van der Waals surface area contributed by atoms with Gasteiger partial charge in [0, 0.05) is 18.2 Å². The van der Waals surface area contributed by atoms with Crippen molar-refractivity contribution in [3.05, 3.63) is 33.8 Å². The number of cyclic esters (lactones) is 1. The first kappa shape index (κ1) is 22.2.